The molecule has 0 radical (unpaired) electrons. The Bertz CT molecular complexity index is 815. The minimum atomic E-state index is 0.657. The number of hydrogen-bond donors (Lipinski definition) is 0. The van der Waals surface area contributed by atoms with Crippen molar-refractivity contribution in [2.75, 3.05) is 7.11 Å². The molecule has 1 aromatic heterocycles. The van der Waals surface area contributed by atoms with Crippen molar-refractivity contribution >= 4 is 28.2 Å². The zero-order valence-corrected chi connectivity index (χ0v) is 12.2. The quantitative estimate of drug-likeness (QED) is 0.534. The summed E-state index contributed by atoms with van der Waals surface area (Å²) in [5, 5.41) is 5.84. The fraction of sp³-hybridized carbons (Fsp3) is 0.0588. The minimum Gasteiger partial charge on any atom is -0.399 e. The Labute approximate surface area is 127 Å². The molecule has 3 aromatic rings. The highest BCUT2D eigenvalue weighted by Crippen LogP contribution is 2.19. The van der Waals surface area contributed by atoms with Gasteiger partial charge >= 0.3 is 0 Å². The van der Waals surface area contributed by atoms with E-state index in [2.05, 4.69) is 10.1 Å². The molecule has 3 nitrogen and oxygen atoms in total. The van der Waals surface area contributed by atoms with E-state index in [-0.39, 0.29) is 0 Å². The average molecular weight is 297 g/mol. The van der Waals surface area contributed by atoms with Gasteiger partial charge in [0.15, 0.2) is 0 Å². The van der Waals surface area contributed by atoms with Crippen LogP contribution in [0.3, 0.4) is 0 Å². The van der Waals surface area contributed by atoms with Crippen LogP contribution in [0.4, 0.5) is 0 Å². The van der Waals surface area contributed by atoms with Crippen LogP contribution < -0.4 is 0 Å². The number of para-hydroxylation sites is 1. The van der Waals surface area contributed by atoms with E-state index in [1.165, 1.54) is 7.11 Å². The van der Waals surface area contributed by atoms with Crippen molar-refractivity contribution in [3.63, 3.8) is 0 Å². The zero-order valence-electron chi connectivity index (χ0n) is 11.5. The van der Waals surface area contributed by atoms with Gasteiger partial charge in [-0.25, -0.2) is 0 Å². The first-order valence-corrected chi connectivity index (χ1v) is 6.88. The fourth-order valence-electron chi connectivity index (χ4n) is 2.20. The van der Waals surface area contributed by atoms with E-state index in [9.17, 15) is 0 Å². The molecule has 0 spiro atoms. The molecule has 0 fully saturated rings. The van der Waals surface area contributed by atoms with E-state index >= 15 is 0 Å². The Balaban J connectivity index is 2.13. The summed E-state index contributed by atoms with van der Waals surface area (Å²) in [7, 11) is 1.53. The Hall–Kier alpha value is -2.39. The van der Waals surface area contributed by atoms with Crippen LogP contribution in [0.15, 0.2) is 65.9 Å². The highest BCUT2D eigenvalue weighted by molar-refractivity contribution is 6.31. The Kier molecular flexibility index (Phi) is 3.84. The number of fused-ring (bicyclic) bond motifs is 1. The maximum atomic E-state index is 6.06. The highest BCUT2D eigenvalue weighted by Gasteiger charge is 2.10. The molecular formula is C17H13ClN2O. The number of pyridine rings is 1. The maximum Gasteiger partial charge on any atom is 0.118 e. The monoisotopic (exact) mass is 296 g/mol. The first kappa shape index (κ1) is 13.6. The van der Waals surface area contributed by atoms with E-state index in [0.717, 1.165) is 22.0 Å². The predicted octanol–water partition coefficient (Wildman–Crippen LogP) is 4.29. The van der Waals surface area contributed by atoms with E-state index in [0.29, 0.717) is 10.7 Å². The van der Waals surface area contributed by atoms with Gasteiger partial charge in [-0.05, 0) is 24.3 Å². The van der Waals surface area contributed by atoms with E-state index < -0.39 is 0 Å². The van der Waals surface area contributed by atoms with Gasteiger partial charge in [0, 0.05) is 27.7 Å². The Morgan fingerprint density at radius 2 is 1.90 bits per heavy atom. The smallest absolute Gasteiger partial charge is 0.118 e. The number of rotatable bonds is 3. The van der Waals surface area contributed by atoms with Crippen LogP contribution in [0.5, 0.6) is 0 Å². The van der Waals surface area contributed by atoms with Gasteiger partial charge in [-0.1, -0.05) is 47.1 Å². The lowest BCUT2D eigenvalue weighted by atomic mass is 10.0. The van der Waals surface area contributed by atoms with Crippen LogP contribution in [0.25, 0.3) is 10.9 Å². The number of aromatic nitrogens is 1. The van der Waals surface area contributed by atoms with Crippen molar-refractivity contribution in [2.45, 2.75) is 0 Å². The van der Waals surface area contributed by atoms with Crippen molar-refractivity contribution in [3.8, 4) is 0 Å². The zero-order chi connectivity index (χ0) is 14.7. The topological polar surface area (TPSA) is 34.5 Å². The normalized spacial score (nSPS) is 11.6. The third kappa shape index (κ3) is 2.88. The van der Waals surface area contributed by atoms with Crippen LogP contribution in [0.1, 0.15) is 11.1 Å². The molecular weight excluding hydrogens is 284 g/mol. The third-order valence-electron chi connectivity index (χ3n) is 3.14. The average Bonchev–Trinajstić information content (AvgIpc) is 2.52. The second kappa shape index (κ2) is 5.94. The van der Waals surface area contributed by atoms with E-state index in [4.69, 9.17) is 16.4 Å². The Morgan fingerprint density at radius 3 is 2.71 bits per heavy atom. The number of halogens is 1. The largest absolute Gasteiger partial charge is 0.399 e. The van der Waals surface area contributed by atoms with Crippen molar-refractivity contribution in [3.05, 3.63) is 76.9 Å². The standard InChI is InChI=1S/C17H13ClN2O/c1-21-20-17(13-6-4-7-15(18)10-13)14-9-12-5-2-3-8-16(12)19-11-14/h2-11H,1H3. The molecule has 4 heteroatoms. The van der Waals surface area contributed by atoms with Gasteiger partial charge in [-0.15, -0.1) is 0 Å². The number of benzene rings is 2. The molecule has 0 bridgehead atoms. The summed E-state index contributed by atoms with van der Waals surface area (Å²) in [6, 6.07) is 17.5. The van der Waals surface area contributed by atoms with Gasteiger partial charge in [0.25, 0.3) is 0 Å². The summed E-state index contributed by atoms with van der Waals surface area (Å²) in [6.07, 6.45) is 1.79. The third-order valence-corrected chi connectivity index (χ3v) is 3.38. The second-order valence-corrected chi connectivity index (χ2v) is 4.99. The second-order valence-electron chi connectivity index (χ2n) is 4.55. The first-order valence-electron chi connectivity index (χ1n) is 6.50. The Morgan fingerprint density at radius 1 is 1.05 bits per heavy atom. The van der Waals surface area contributed by atoms with Crippen molar-refractivity contribution < 1.29 is 4.84 Å². The molecule has 21 heavy (non-hydrogen) atoms. The van der Waals surface area contributed by atoms with E-state index in [1.807, 2.05) is 54.6 Å². The summed E-state index contributed by atoms with van der Waals surface area (Å²) in [4.78, 5) is 9.44. The van der Waals surface area contributed by atoms with Crippen molar-refractivity contribution in [2.24, 2.45) is 5.16 Å². The molecule has 3 rings (SSSR count). The molecule has 0 aliphatic rings. The fourth-order valence-corrected chi connectivity index (χ4v) is 2.39. The van der Waals surface area contributed by atoms with Gasteiger partial charge < -0.3 is 4.84 Å². The van der Waals surface area contributed by atoms with Crippen molar-refractivity contribution in [1.82, 2.24) is 4.98 Å². The predicted molar refractivity (Wildman–Crippen MR) is 85.8 cm³/mol. The minimum absolute atomic E-state index is 0.657. The van der Waals surface area contributed by atoms with E-state index in [1.54, 1.807) is 6.20 Å². The molecule has 0 aliphatic carbocycles. The molecule has 0 atom stereocenters. The van der Waals surface area contributed by atoms with Gasteiger partial charge in [0.2, 0.25) is 0 Å². The van der Waals surface area contributed by atoms with Crippen LogP contribution in [0.2, 0.25) is 5.02 Å². The summed E-state index contributed by atoms with van der Waals surface area (Å²) < 4.78 is 0. The number of hydrogen-bond acceptors (Lipinski definition) is 3. The summed E-state index contributed by atoms with van der Waals surface area (Å²) >= 11 is 6.06. The van der Waals surface area contributed by atoms with Gasteiger partial charge in [0.1, 0.15) is 12.8 Å². The summed E-state index contributed by atoms with van der Waals surface area (Å²) in [6.45, 7) is 0. The molecule has 1 heterocycles. The van der Waals surface area contributed by atoms with Gasteiger partial charge in [0.05, 0.1) is 5.52 Å². The number of nitrogens with zero attached hydrogens (tertiary/aromatic N) is 2. The van der Waals surface area contributed by atoms with Crippen LogP contribution >= 0.6 is 11.6 Å². The first-order chi connectivity index (χ1) is 10.3. The SMILES string of the molecule is CON=C(c1cccc(Cl)c1)c1cnc2ccccc2c1. The molecule has 0 saturated heterocycles. The molecule has 0 N–H and O–H groups in total. The lowest BCUT2D eigenvalue weighted by Gasteiger charge is -2.07. The summed E-state index contributed by atoms with van der Waals surface area (Å²) in [5.74, 6) is 0. The lowest BCUT2D eigenvalue weighted by Crippen LogP contribution is -2.04. The molecule has 0 unspecified atom stereocenters. The van der Waals surface area contributed by atoms with Gasteiger partial charge in [-0.2, -0.15) is 0 Å². The molecule has 0 saturated carbocycles. The molecule has 0 amide bonds. The van der Waals surface area contributed by atoms with Crippen molar-refractivity contribution in [1.29, 1.82) is 0 Å². The lowest BCUT2D eigenvalue weighted by molar-refractivity contribution is 0.214. The van der Waals surface area contributed by atoms with Crippen LogP contribution in [-0.4, -0.2) is 17.8 Å². The maximum absolute atomic E-state index is 6.06. The number of oxime groups is 1. The van der Waals surface area contributed by atoms with Crippen LogP contribution in [-0.2, 0) is 4.84 Å². The summed E-state index contributed by atoms with van der Waals surface area (Å²) in [5.41, 5.74) is 3.43. The highest BCUT2D eigenvalue weighted by atomic mass is 35.5. The molecule has 0 aliphatic heterocycles. The molecule has 2 aromatic carbocycles. The van der Waals surface area contributed by atoms with Crippen LogP contribution in [0, 0.1) is 0 Å². The molecule has 104 valence electrons. The van der Waals surface area contributed by atoms with Gasteiger partial charge in [-0.3, -0.25) is 4.98 Å².